The second-order valence-electron chi connectivity index (χ2n) is 7.24. The molecule has 2 heterocycles. The number of sulfonamides is 1. The van der Waals surface area contributed by atoms with Gasteiger partial charge in [-0.25, -0.2) is 12.8 Å². The van der Waals surface area contributed by atoms with Crippen molar-refractivity contribution >= 4 is 32.3 Å². The molecule has 1 unspecified atom stereocenters. The number of benzene rings is 1. The number of nitrogens with one attached hydrogen (secondary N) is 1. The molecule has 1 aromatic heterocycles. The summed E-state index contributed by atoms with van der Waals surface area (Å²) < 4.78 is 40.3. The van der Waals surface area contributed by atoms with Gasteiger partial charge < -0.3 is 5.32 Å². The number of nitrogens with zero attached hydrogens (tertiary/aromatic N) is 2. The molecule has 0 saturated carbocycles. The molecule has 1 amide bonds. The molecular weight excluding hydrogens is 413 g/mol. The highest BCUT2D eigenvalue weighted by Gasteiger charge is 2.40. The number of rotatable bonds is 4. The van der Waals surface area contributed by atoms with Gasteiger partial charge in [-0.15, -0.1) is 11.3 Å². The molecule has 29 heavy (non-hydrogen) atoms. The average Bonchev–Trinajstić information content (AvgIpc) is 3.33. The summed E-state index contributed by atoms with van der Waals surface area (Å²) in [6, 6.07) is 5.95. The largest absolute Gasteiger partial charge is 0.315 e. The van der Waals surface area contributed by atoms with E-state index in [-0.39, 0.29) is 11.4 Å². The van der Waals surface area contributed by atoms with E-state index in [1.807, 2.05) is 0 Å². The molecular formula is C20H20FN3O3S2. The number of thiophene rings is 1. The highest BCUT2D eigenvalue weighted by Crippen LogP contribution is 2.38. The Bertz CT molecular complexity index is 1090. The molecule has 0 radical (unpaired) electrons. The molecule has 1 fully saturated rings. The molecule has 0 spiro atoms. The molecule has 9 heteroatoms. The maximum atomic E-state index is 13.2. The first-order valence-corrected chi connectivity index (χ1v) is 11.8. The summed E-state index contributed by atoms with van der Waals surface area (Å²) in [7, 11) is -3.92. The Labute approximate surface area is 173 Å². The van der Waals surface area contributed by atoms with Gasteiger partial charge in [0.05, 0.1) is 10.5 Å². The van der Waals surface area contributed by atoms with Gasteiger partial charge in [0.25, 0.3) is 0 Å². The predicted octanol–water partition coefficient (Wildman–Crippen LogP) is 3.43. The number of fused-ring (bicyclic) bond motifs is 1. The van der Waals surface area contributed by atoms with E-state index in [1.54, 1.807) is 0 Å². The minimum atomic E-state index is -3.92. The van der Waals surface area contributed by atoms with Crippen molar-refractivity contribution in [1.82, 2.24) is 4.31 Å². The summed E-state index contributed by atoms with van der Waals surface area (Å²) in [6.07, 6.45) is 4.79. The van der Waals surface area contributed by atoms with Gasteiger partial charge in [0.15, 0.2) is 0 Å². The van der Waals surface area contributed by atoms with Crippen molar-refractivity contribution in [1.29, 1.82) is 5.26 Å². The van der Waals surface area contributed by atoms with Crippen LogP contribution >= 0.6 is 11.3 Å². The number of amides is 1. The van der Waals surface area contributed by atoms with Gasteiger partial charge in [0.2, 0.25) is 15.9 Å². The average molecular weight is 434 g/mol. The van der Waals surface area contributed by atoms with Crippen molar-refractivity contribution in [3.05, 3.63) is 46.1 Å². The Hall–Kier alpha value is -2.28. The van der Waals surface area contributed by atoms with Crippen LogP contribution in [0.15, 0.2) is 29.2 Å². The molecule has 1 atom stereocenters. The number of aryl methyl sites for hydroxylation is 1. The minimum Gasteiger partial charge on any atom is -0.315 e. The first-order valence-electron chi connectivity index (χ1n) is 9.54. The maximum absolute atomic E-state index is 13.2. The Kier molecular flexibility index (Phi) is 5.42. The van der Waals surface area contributed by atoms with Crippen molar-refractivity contribution in [2.75, 3.05) is 11.9 Å². The fourth-order valence-corrected chi connectivity index (χ4v) is 6.90. The van der Waals surface area contributed by atoms with Crippen LogP contribution in [0.4, 0.5) is 9.39 Å². The number of halogens is 1. The number of nitriles is 1. The minimum absolute atomic E-state index is 0.0390. The monoisotopic (exact) mass is 433 g/mol. The highest BCUT2D eigenvalue weighted by molar-refractivity contribution is 7.89. The fraction of sp³-hybridized carbons (Fsp3) is 0.400. The summed E-state index contributed by atoms with van der Waals surface area (Å²) in [4.78, 5) is 14.0. The lowest BCUT2D eigenvalue weighted by Gasteiger charge is -2.23. The van der Waals surface area contributed by atoms with Gasteiger partial charge >= 0.3 is 0 Å². The van der Waals surface area contributed by atoms with Gasteiger partial charge in [-0.2, -0.15) is 9.57 Å². The SMILES string of the molecule is N#Cc1c(NC(=O)C2CCCN2S(=O)(=O)c2ccc(F)cc2)sc2c1CCCC2. The molecule has 0 bridgehead atoms. The van der Waals surface area contributed by atoms with Crippen molar-refractivity contribution in [3.63, 3.8) is 0 Å². The van der Waals surface area contributed by atoms with Gasteiger partial charge in [-0.05, 0) is 68.4 Å². The Balaban J connectivity index is 1.58. The van der Waals surface area contributed by atoms with Gasteiger partial charge in [-0.1, -0.05) is 0 Å². The second kappa shape index (κ2) is 7.86. The topological polar surface area (TPSA) is 90.3 Å². The first kappa shape index (κ1) is 20.0. The van der Waals surface area contributed by atoms with Gasteiger partial charge in [0, 0.05) is 11.4 Å². The van der Waals surface area contributed by atoms with Crippen LogP contribution in [0.5, 0.6) is 0 Å². The van der Waals surface area contributed by atoms with Gasteiger partial charge in [0.1, 0.15) is 22.9 Å². The molecule has 1 aliphatic carbocycles. The van der Waals surface area contributed by atoms with Gasteiger partial charge in [-0.3, -0.25) is 4.79 Å². The van der Waals surface area contributed by atoms with Crippen LogP contribution in [0.25, 0.3) is 0 Å². The third-order valence-electron chi connectivity index (χ3n) is 5.45. The molecule has 6 nitrogen and oxygen atoms in total. The molecule has 1 saturated heterocycles. The normalized spacial score (nSPS) is 19.5. The summed E-state index contributed by atoms with van der Waals surface area (Å²) >= 11 is 1.42. The van der Waals surface area contributed by atoms with E-state index < -0.39 is 27.8 Å². The third kappa shape index (κ3) is 3.68. The van der Waals surface area contributed by atoms with E-state index in [0.717, 1.165) is 48.3 Å². The Morgan fingerprint density at radius 3 is 2.66 bits per heavy atom. The van der Waals surface area contributed by atoms with E-state index in [9.17, 15) is 22.9 Å². The maximum Gasteiger partial charge on any atom is 0.243 e. The molecule has 1 aliphatic heterocycles. The molecule has 1 N–H and O–H groups in total. The predicted molar refractivity (Wildman–Crippen MR) is 108 cm³/mol. The van der Waals surface area contributed by atoms with E-state index in [0.29, 0.717) is 23.4 Å². The lowest BCUT2D eigenvalue weighted by atomic mass is 9.96. The zero-order chi connectivity index (χ0) is 20.6. The standard InChI is InChI=1S/C20H20FN3O3S2/c21-13-7-9-14(10-8-13)29(26,27)24-11-3-5-17(24)19(25)23-20-16(12-22)15-4-1-2-6-18(15)28-20/h7-10,17H,1-6,11H2,(H,23,25). The zero-order valence-electron chi connectivity index (χ0n) is 15.7. The molecule has 2 aromatic rings. The number of anilines is 1. The van der Waals surface area contributed by atoms with Crippen molar-refractivity contribution < 1.29 is 17.6 Å². The summed E-state index contributed by atoms with van der Waals surface area (Å²) in [6.45, 7) is 0.226. The lowest BCUT2D eigenvalue weighted by Crippen LogP contribution is -2.43. The van der Waals surface area contributed by atoms with Crippen molar-refractivity contribution in [3.8, 4) is 6.07 Å². The summed E-state index contributed by atoms with van der Waals surface area (Å²) in [5.41, 5.74) is 1.52. The fourth-order valence-electron chi connectivity index (χ4n) is 4.00. The smallest absolute Gasteiger partial charge is 0.243 e. The zero-order valence-corrected chi connectivity index (χ0v) is 17.3. The number of hydrogen-bond donors (Lipinski definition) is 1. The van der Waals surface area contributed by atoms with Crippen molar-refractivity contribution in [2.24, 2.45) is 0 Å². The quantitative estimate of drug-likeness (QED) is 0.800. The van der Waals surface area contributed by atoms with E-state index in [1.165, 1.54) is 27.8 Å². The van der Waals surface area contributed by atoms with Crippen LogP contribution in [0.1, 0.15) is 41.7 Å². The van der Waals surface area contributed by atoms with Crippen molar-refractivity contribution in [2.45, 2.75) is 49.5 Å². The number of carbonyl (C=O) groups is 1. The highest BCUT2D eigenvalue weighted by atomic mass is 32.2. The van der Waals surface area contributed by atoms with Crippen LogP contribution in [-0.2, 0) is 27.7 Å². The van der Waals surface area contributed by atoms with E-state index in [4.69, 9.17) is 0 Å². The first-order chi connectivity index (χ1) is 13.9. The van der Waals surface area contributed by atoms with E-state index >= 15 is 0 Å². The van der Waals surface area contributed by atoms with Crippen LogP contribution in [0.2, 0.25) is 0 Å². The van der Waals surface area contributed by atoms with E-state index in [2.05, 4.69) is 11.4 Å². The second-order valence-corrected chi connectivity index (χ2v) is 10.2. The molecule has 4 rings (SSSR count). The molecule has 1 aromatic carbocycles. The number of carbonyl (C=O) groups excluding carboxylic acids is 1. The van der Waals surface area contributed by atoms with Crippen LogP contribution in [0.3, 0.4) is 0 Å². The Morgan fingerprint density at radius 2 is 1.93 bits per heavy atom. The lowest BCUT2D eigenvalue weighted by molar-refractivity contribution is -0.119. The van der Waals surface area contributed by atoms with Crippen LogP contribution in [0, 0.1) is 17.1 Å². The Morgan fingerprint density at radius 1 is 1.21 bits per heavy atom. The molecule has 2 aliphatic rings. The number of hydrogen-bond acceptors (Lipinski definition) is 5. The van der Waals surface area contributed by atoms with Crippen LogP contribution < -0.4 is 5.32 Å². The summed E-state index contributed by atoms with van der Waals surface area (Å²) in [5.74, 6) is -0.950. The third-order valence-corrected chi connectivity index (χ3v) is 8.58. The summed E-state index contributed by atoms with van der Waals surface area (Å²) in [5, 5.41) is 12.9. The van der Waals surface area contributed by atoms with Crippen LogP contribution in [-0.4, -0.2) is 31.2 Å². The molecule has 152 valence electrons.